The van der Waals surface area contributed by atoms with E-state index in [9.17, 15) is 0 Å². The van der Waals surface area contributed by atoms with Crippen molar-refractivity contribution in [1.29, 1.82) is 5.41 Å². The zero-order valence-electron chi connectivity index (χ0n) is 9.29. The summed E-state index contributed by atoms with van der Waals surface area (Å²) in [6.45, 7) is 5.27. The van der Waals surface area contributed by atoms with Crippen LogP contribution in [0.1, 0.15) is 25.0 Å². The lowest BCUT2D eigenvalue weighted by atomic mass is 10.1. The average Bonchev–Trinajstić information content (AvgIpc) is 2.29. The molecule has 15 heavy (non-hydrogen) atoms. The first-order chi connectivity index (χ1) is 7.27. The Morgan fingerprint density at radius 3 is 2.80 bits per heavy atom. The van der Waals surface area contributed by atoms with Crippen molar-refractivity contribution in [2.24, 2.45) is 0 Å². The molecule has 0 saturated heterocycles. The van der Waals surface area contributed by atoms with Crippen LogP contribution in [0.3, 0.4) is 0 Å². The normalized spacial score (nSPS) is 11.5. The Hall–Kier alpha value is -1.41. The summed E-state index contributed by atoms with van der Waals surface area (Å²) in [6.07, 6.45) is 3.41. The molecule has 0 spiro atoms. The van der Waals surface area contributed by atoms with Gasteiger partial charge in [-0.05, 0) is 25.0 Å². The molecule has 0 unspecified atom stereocenters. The number of hydrogen-bond acceptors (Lipinski definition) is 2. The standard InChI is InChI=1S/C13H17NO/c1-3-11(2)9-15-10-13-7-5-4-6-12(13)8-14/h3-8,14H,9-10H2,1-2H3/b11-3-,14-8?. The van der Waals surface area contributed by atoms with Crippen molar-refractivity contribution >= 4 is 6.21 Å². The Bertz CT molecular complexity index is 355. The average molecular weight is 203 g/mol. The molecule has 0 aliphatic carbocycles. The molecule has 0 fully saturated rings. The number of hydrogen-bond donors (Lipinski definition) is 1. The van der Waals surface area contributed by atoms with Crippen LogP contribution in [0, 0.1) is 5.41 Å². The number of nitrogens with one attached hydrogen (secondary N) is 1. The van der Waals surface area contributed by atoms with E-state index in [0.29, 0.717) is 13.2 Å². The van der Waals surface area contributed by atoms with Crippen LogP contribution in [0.4, 0.5) is 0 Å². The van der Waals surface area contributed by atoms with Crippen molar-refractivity contribution in [2.75, 3.05) is 6.61 Å². The summed E-state index contributed by atoms with van der Waals surface area (Å²) < 4.78 is 5.54. The highest BCUT2D eigenvalue weighted by molar-refractivity contribution is 5.79. The lowest BCUT2D eigenvalue weighted by Crippen LogP contribution is -1.99. The van der Waals surface area contributed by atoms with Gasteiger partial charge in [-0.3, -0.25) is 0 Å². The monoisotopic (exact) mass is 203 g/mol. The molecule has 1 aromatic carbocycles. The van der Waals surface area contributed by atoms with E-state index in [4.69, 9.17) is 10.1 Å². The van der Waals surface area contributed by atoms with E-state index in [2.05, 4.69) is 0 Å². The SMILES string of the molecule is C/C=C(/C)COCc1ccccc1C=N. The highest BCUT2D eigenvalue weighted by Crippen LogP contribution is 2.08. The second-order valence-electron chi connectivity index (χ2n) is 3.47. The van der Waals surface area contributed by atoms with Gasteiger partial charge < -0.3 is 10.1 Å². The van der Waals surface area contributed by atoms with Crippen molar-refractivity contribution in [3.63, 3.8) is 0 Å². The van der Waals surface area contributed by atoms with Crippen LogP contribution in [0.5, 0.6) is 0 Å². The molecule has 0 atom stereocenters. The van der Waals surface area contributed by atoms with E-state index in [1.807, 2.05) is 44.2 Å². The van der Waals surface area contributed by atoms with Crippen LogP contribution in [-0.2, 0) is 11.3 Å². The maximum absolute atomic E-state index is 7.25. The molecule has 1 N–H and O–H groups in total. The molecule has 0 amide bonds. The zero-order valence-corrected chi connectivity index (χ0v) is 9.29. The minimum Gasteiger partial charge on any atom is -0.372 e. The van der Waals surface area contributed by atoms with Crippen molar-refractivity contribution in [2.45, 2.75) is 20.5 Å². The van der Waals surface area contributed by atoms with Crippen molar-refractivity contribution in [3.8, 4) is 0 Å². The highest BCUT2D eigenvalue weighted by atomic mass is 16.5. The van der Waals surface area contributed by atoms with Gasteiger partial charge in [-0.2, -0.15) is 0 Å². The number of benzene rings is 1. The van der Waals surface area contributed by atoms with Crippen LogP contribution >= 0.6 is 0 Å². The fourth-order valence-corrected chi connectivity index (χ4v) is 1.21. The highest BCUT2D eigenvalue weighted by Gasteiger charge is 1.98. The van der Waals surface area contributed by atoms with Gasteiger partial charge in [0.15, 0.2) is 0 Å². The summed E-state index contributed by atoms with van der Waals surface area (Å²) in [6, 6.07) is 7.81. The van der Waals surface area contributed by atoms with Gasteiger partial charge in [-0.1, -0.05) is 35.9 Å². The minimum atomic E-state index is 0.566. The number of allylic oxidation sites excluding steroid dienone is 1. The topological polar surface area (TPSA) is 33.1 Å². The van der Waals surface area contributed by atoms with Gasteiger partial charge in [0.05, 0.1) is 13.2 Å². The minimum absolute atomic E-state index is 0.566. The number of ether oxygens (including phenoxy) is 1. The van der Waals surface area contributed by atoms with Gasteiger partial charge in [0.2, 0.25) is 0 Å². The van der Waals surface area contributed by atoms with Crippen LogP contribution in [-0.4, -0.2) is 12.8 Å². The van der Waals surface area contributed by atoms with E-state index in [1.54, 1.807) is 0 Å². The van der Waals surface area contributed by atoms with Gasteiger partial charge in [0.1, 0.15) is 0 Å². The third-order valence-electron chi connectivity index (χ3n) is 2.29. The van der Waals surface area contributed by atoms with E-state index in [0.717, 1.165) is 11.1 Å². The molecule has 0 radical (unpaired) electrons. The first-order valence-corrected chi connectivity index (χ1v) is 5.06. The summed E-state index contributed by atoms with van der Waals surface area (Å²) in [5.74, 6) is 0. The van der Waals surface area contributed by atoms with Crippen molar-refractivity contribution in [1.82, 2.24) is 0 Å². The molecular weight excluding hydrogens is 186 g/mol. The molecule has 0 aliphatic heterocycles. The molecular formula is C13H17NO. The largest absolute Gasteiger partial charge is 0.372 e. The molecule has 0 aliphatic rings. The van der Waals surface area contributed by atoms with Crippen LogP contribution in [0.2, 0.25) is 0 Å². The summed E-state index contributed by atoms with van der Waals surface area (Å²) in [4.78, 5) is 0. The molecule has 2 heteroatoms. The lowest BCUT2D eigenvalue weighted by molar-refractivity contribution is 0.142. The van der Waals surface area contributed by atoms with E-state index in [-0.39, 0.29) is 0 Å². The van der Waals surface area contributed by atoms with Crippen molar-refractivity contribution in [3.05, 3.63) is 47.0 Å². The zero-order chi connectivity index (χ0) is 11.1. The summed E-state index contributed by atoms with van der Waals surface area (Å²) in [7, 11) is 0. The van der Waals surface area contributed by atoms with Gasteiger partial charge in [0.25, 0.3) is 0 Å². The van der Waals surface area contributed by atoms with E-state index < -0.39 is 0 Å². The second kappa shape index (κ2) is 6.14. The van der Waals surface area contributed by atoms with Gasteiger partial charge >= 0.3 is 0 Å². The van der Waals surface area contributed by atoms with Crippen LogP contribution in [0.15, 0.2) is 35.9 Å². The Morgan fingerprint density at radius 1 is 1.40 bits per heavy atom. The first-order valence-electron chi connectivity index (χ1n) is 5.06. The van der Waals surface area contributed by atoms with E-state index >= 15 is 0 Å². The predicted molar refractivity (Wildman–Crippen MR) is 63.4 cm³/mol. The maximum Gasteiger partial charge on any atom is 0.0727 e. The van der Waals surface area contributed by atoms with Gasteiger partial charge in [0, 0.05) is 6.21 Å². The smallest absolute Gasteiger partial charge is 0.0727 e. The molecule has 80 valence electrons. The van der Waals surface area contributed by atoms with Crippen molar-refractivity contribution < 1.29 is 4.74 Å². The molecule has 1 rings (SSSR count). The number of rotatable bonds is 5. The predicted octanol–water partition coefficient (Wildman–Crippen LogP) is 3.17. The Balaban J connectivity index is 2.54. The van der Waals surface area contributed by atoms with Crippen LogP contribution in [0.25, 0.3) is 0 Å². The fraction of sp³-hybridized carbons (Fsp3) is 0.308. The molecule has 1 aromatic rings. The third kappa shape index (κ3) is 3.68. The Labute approximate surface area is 91.1 Å². The second-order valence-corrected chi connectivity index (χ2v) is 3.47. The summed E-state index contributed by atoms with van der Waals surface area (Å²) in [5, 5.41) is 7.25. The summed E-state index contributed by atoms with van der Waals surface area (Å²) in [5.41, 5.74) is 3.22. The first kappa shape index (κ1) is 11.7. The lowest BCUT2D eigenvalue weighted by Gasteiger charge is -2.06. The Kier molecular flexibility index (Phi) is 4.78. The van der Waals surface area contributed by atoms with Crippen LogP contribution < -0.4 is 0 Å². The van der Waals surface area contributed by atoms with Gasteiger partial charge in [-0.15, -0.1) is 0 Å². The maximum atomic E-state index is 7.25. The van der Waals surface area contributed by atoms with E-state index in [1.165, 1.54) is 11.8 Å². The molecule has 2 nitrogen and oxygen atoms in total. The summed E-state index contributed by atoms with van der Waals surface area (Å²) >= 11 is 0. The molecule has 0 aromatic heterocycles. The fourth-order valence-electron chi connectivity index (χ4n) is 1.21. The van der Waals surface area contributed by atoms with Gasteiger partial charge in [-0.25, -0.2) is 0 Å². The molecule has 0 bridgehead atoms. The molecule has 0 heterocycles. The Morgan fingerprint density at radius 2 is 2.13 bits per heavy atom. The quantitative estimate of drug-likeness (QED) is 0.578. The molecule has 0 saturated carbocycles. The third-order valence-corrected chi connectivity index (χ3v) is 2.29.